The fraction of sp³-hybridized carbons (Fsp3) is 0.156. The summed E-state index contributed by atoms with van der Waals surface area (Å²) in [6.45, 7) is 4.66. The lowest BCUT2D eigenvalue weighted by Gasteiger charge is -2.23. The predicted molar refractivity (Wildman–Crippen MR) is 233 cm³/mol. The van der Waals surface area contributed by atoms with Crippen LogP contribution in [0.3, 0.4) is 0 Å². The molecule has 0 fully saturated rings. The molecule has 60 heavy (non-hydrogen) atoms. The van der Waals surface area contributed by atoms with Gasteiger partial charge in [-0.25, -0.2) is 0 Å². The molecule has 4 aromatic heterocycles. The zero-order valence-corrected chi connectivity index (χ0v) is 34.6. The van der Waals surface area contributed by atoms with Crippen molar-refractivity contribution in [1.29, 1.82) is 0 Å². The lowest BCUT2D eigenvalue weighted by molar-refractivity contribution is -0.117. The van der Waals surface area contributed by atoms with E-state index in [1.54, 1.807) is 13.4 Å². The van der Waals surface area contributed by atoms with E-state index < -0.39 is 4.75 Å². The Morgan fingerprint density at radius 2 is 1.27 bits per heavy atom. The van der Waals surface area contributed by atoms with Crippen LogP contribution in [-0.2, 0) is 22.7 Å². The average Bonchev–Trinajstić information content (AvgIpc) is 4.10. The van der Waals surface area contributed by atoms with E-state index in [0.717, 1.165) is 28.1 Å². The van der Waals surface area contributed by atoms with Gasteiger partial charge in [0.2, 0.25) is 23.5 Å². The summed E-state index contributed by atoms with van der Waals surface area (Å²) in [7, 11) is 1.63. The van der Waals surface area contributed by atoms with Gasteiger partial charge < -0.3 is 24.2 Å². The van der Waals surface area contributed by atoms with E-state index in [1.165, 1.54) is 23.5 Å². The first-order valence-corrected chi connectivity index (χ1v) is 20.8. The van der Waals surface area contributed by atoms with Crippen LogP contribution in [0.5, 0.6) is 5.75 Å². The topological polar surface area (TPSA) is 155 Å². The number of amides is 2. The van der Waals surface area contributed by atoms with Gasteiger partial charge in [0.25, 0.3) is 0 Å². The number of hydrogen-bond acceptors (Lipinski definition) is 11. The van der Waals surface area contributed by atoms with Crippen LogP contribution in [-0.4, -0.2) is 59.0 Å². The molecule has 0 saturated heterocycles. The fourth-order valence-corrected chi connectivity index (χ4v) is 7.91. The molecule has 0 saturated carbocycles. The molecule has 13 nitrogen and oxygen atoms in total. The molecule has 302 valence electrons. The Bertz CT molecular complexity index is 2680. The van der Waals surface area contributed by atoms with E-state index >= 15 is 0 Å². The molecular formula is C45H40N8O5S2. The summed E-state index contributed by atoms with van der Waals surface area (Å²) in [5, 5.41) is 25.0. The summed E-state index contributed by atoms with van der Waals surface area (Å²) >= 11 is 2.62. The van der Waals surface area contributed by atoms with Gasteiger partial charge in [-0.1, -0.05) is 84.2 Å². The van der Waals surface area contributed by atoms with Crippen LogP contribution in [0.1, 0.15) is 25.0 Å². The van der Waals surface area contributed by atoms with Gasteiger partial charge in [-0.3, -0.25) is 18.7 Å². The molecule has 4 aromatic carbocycles. The van der Waals surface area contributed by atoms with Crippen molar-refractivity contribution in [1.82, 2.24) is 29.5 Å². The minimum Gasteiger partial charge on any atom is -0.497 e. The van der Waals surface area contributed by atoms with Gasteiger partial charge >= 0.3 is 0 Å². The summed E-state index contributed by atoms with van der Waals surface area (Å²) in [6.07, 6.45) is 1.60. The molecule has 0 aliphatic heterocycles. The standard InChI is InChI=1S/C45H40N8O5S2/c1-45(2,60-44-51-48-40(37-15-10-26-57-37)53(44)27-30-11-6-4-7-12-30)42(55)47-34-20-18-32(19-21-34)36-24-25-38(58-36)41-49-50-43(52(41)28-31-16-22-35(56-3)23-17-31)59-29-39(54)46-33-13-8-5-9-14-33/h4-26H,27-29H2,1-3H3,(H,46,54)(H,47,55). The fourth-order valence-electron chi connectivity index (χ4n) is 6.23. The molecule has 8 aromatic rings. The Hall–Kier alpha value is -6.84. The summed E-state index contributed by atoms with van der Waals surface area (Å²) < 4.78 is 20.4. The van der Waals surface area contributed by atoms with Crippen LogP contribution in [0.4, 0.5) is 11.4 Å². The number of para-hydroxylation sites is 1. The molecule has 8 rings (SSSR count). The largest absolute Gasteiger partial charge is 0.497 e. The number of anilines is 2. The zero-order chi connectivity index (χ0) is 41.5. The minimum absolute atomic E-state index is 0.139. The molecule has 0 radical (unpaired) electrons. The van der Waals surface area contributed by atoms with Crippen LogP contribution >= 0.6 is 23.5 Å². The number of nitrogens with one attached hydrogen (secondary N) is 2. The van der Waals surface area contributed by atoms with E-state index in [0.29, 0.717) is 58.0 Å². The van der Waals surface area contributed by atoms with Crippen LogP contribution in [0.25, 0.3) is 34.5 Å². The number of ether oxygens (including phenoxy) is 1. The highest BCUT2D eigenvalue weighted by atomic mass is 32.2. The second-order valence-electron chi connectivity index (χ2n) is 14.1. The number of carbonyl (C=O) groups excluding carboxylic acids is 2. The Balaban J connectivity index is 0.963. The molecule has 2 N–H and O–H groups in total. The third-order valence-electron chi connectivity index (χ3n) is 9.40. The Labute approximate surface area is 354 Å². The highest BCUT2D eigenvalue weighted by Gasteiger charge is 2.32. The Kier molecular flexibility index (Phi) is 12.0. The van der Waals surface area contributed by atoms with E-state index in [1.807, 2.05) is 156 Å². The van der Waals surface area contributed by atoms with Crippen molar-refractivity contribution in [3.63, 3.8) is 0 Å². The number of rotatable bonds is 16. The van der Waals surface area contributed by atoms with E-state index in [-0.39, 0.29) is 17.6 Å². The van der Waals surface area contributed by atoms with E-state index in [9.17, 15) is 9.59 Å². The molecule has 0 spiro atoms. The van der Waals surface area contributed by atoms with Crippen molar-refractivity contribution < 1.29 is 23.2 Å². The van der Waals surface area contributed by atoms with Crippen molar-refractivity contribution in [3.05, 3.63) is 151 Å². The summed E-state index contributed by atoms with van der Waals surface area (Å²) in [4.78, 5) is 26.6. The molecule has 0 unspecified atom stereocenters. The Morgan fingerprint density at radius 3 is 1.95 bits per heavy atom. The maximum Gasteiger partial charge on any atom is 0.240 e. The zero-order valence-electron chi connectivity index (χ0n) is 32.9. The number of hydrogen-bond donors (Lipinski definition) is 2. The van der Waals surface area contributed by atoms with Gasteiger partial charge in [0.15, 0.2) is 21.8 Å². The molecule has 0 aliphatic rings. The van der Waals surface area contributed by atoms with Crippen molar-refractivity contribution in [2.45, 2.75) is 42.0 Å². The van der Waals surface area contributed by atoms with Crippen molar-refractivity contribution in [2.24, 2.45) is 0 Å². The van der Waals surface area contributed by atoms with Gasteiger partial charge in [0, 0.05) is 16.9 Å². The first kappa shape index (κ1) is 40.0. The van der Waals surface area contributed by atoms with Crippen LogP contribution < -0.4 is 15.4 Å². The first-order chi connectivity index (χ1) is 29.2. The van der Waals surface area contributed by atoms with Crippen molar-refractivity contribution in [3.8, 4) is 40.2 Å². The number of furan rings is 2. The number of nitrogens with zero attached hydrogens (tertiary/aromatic N) is 6. The molecule has 0 bridgehead atoms. The lowest BCUT2D eigenvalue weighted by Crippen LogP contribution is -2.34. The smallest absolute Gasteiger partial charge is 0.240 e. The number of benzene rings is 4. The quantitative estimate of drug-likeness (QED) is 0.0895. The molecule has 2 amide bonds. The molecule has 4 heterocycles. The van der Waals surface area contributed by atoms with Crippen LogP contribution in [0.15, 0.2) is 159 Å². The Morgan fingerprint density at radius 1 is 0.650 bits per heavy atom. The lowest BCUT2D eigenvalue weighted by atomic mass is 10.1. The monoisotopic (exact) mass is 836 g/mol. The van der Waals surface area contributed by atoms with E-state index in [2.05, 4.69) is 31.0 Å². The van der Waals surface area contributed by atoms with Crippen LogP contribution in [0, 0.1) is 0 Å². The van der Waals surface area contributed by atoms with Gasteiger partial charge in [-0.15, -0.1) is 20.4 Å². The minimum atomic E-state index is -0.916. The third-order valence-corrected chi connectivity index (χ3v) is 11.5. The van der Waals surface area contributed by atoms with Gasteiger partial charge in [0.05, 0.1) is 37.0 Å². The third kappa shape index (κ3) is 9.38. The molecule has 0 aliphatic carbocycles. The van der Waals surface area contributed by atoms with Gasteiger partial charge in [-0.05, 0) is 97.8 Å². The van der Waals surface area contributed by atoms with Crippen LogP contribution in [0.2, 0.25) is 0 Å². The maximum absolute atomic E-state index is 13.8. The average molecular weight is 837 g/mol. The number of thioether (sulfide) groups is 2. The van der Waals surface area contributed by atoms with Crippen molar-refractivity contribution >= 4 is 46.7 Å². The second-order valence-corrected chi connectivity index (χ2v) is 16.6. The maximum atomic E-state index is 13.8. The molecule has 15 heteroatoms. The highest BCUT2D eigenvalue weighted by Crippen LogP contribution is 2.36. The number of carbonyl (C=O) groups is 2. The number of methoxy groups -OCH3 is 1. The SMILES string of the molecule is COc1ccc(Cn2c(SCC(=O)Nc3ccccc3)nnc2-c2ccc(-c3ccc(NC(=O)C(C)(C)Sc4nnc(-c5ccco5)n4Cc4ccccc4)cc3)o2)cc1. The van der Waals surface area contributed by atoms with Crippen molar-refractivity contribution in [2.75, 3.05) is 23.5 Å². The normalized spacial score (nSPS) is 11.4. The summed E-state index contributed by atoms with van der Waals surface area (Å²) in [6, 6.07) is 41.9. The van der Waals surface area contributed by atoms with E-state index in [4.69, 9.17) is 13.6 Å². The second kappa shape index (κ2) is 18.0. The molecular weight excluding hydrogens is 797 g/mol. The highest BCUT2D eigenvalue weighted by molar-refractivity contribution is 8.01. The van der Waals surface area contributed by atoms with Gasteiger partial charge in [0.1, 0.15) is 11.5 Å². The predicted octanol–water partition coefficient (Wildman–Crippen LogP) is 9.40. The first-order valence-electron chi connectivity index (χ1n) is 19.0. The number of aromatic nitrogens is 6. The summed E-state index contributed by atoms with van der Waals surface area (Å²) in [5.41, 5.74) is 4.22. The molecule has 0 atom stereocenters. The van der Waals surface area contributed by atoms with Gasteiger partial charge in [-0.2, -0.15) is 0 Å². The summed E-state index contributed by atoms with van der Waals surface area (Å²) in [5.74, 6) is 3.35.